The van der Waals surface area contributed by atoms with E-state index in [9.17, 15) is 5.21 Å². The Balaban J connectivity index is 2.23. The standard InChI is InChI=1S/C9H8BrN3O/c10-9-6-11-12(13(9)14)7-8-4-2-1-3-5-8/h1-6H,7H2. The second kappa shape index (κ2) is 3.79. The molecule has 1 heterocycles. The van der Waals surface area contributed by atoms with Gasteiger partial charge in [-0.05, 0) is 10.4 Å². The lowest BCUT2D eigenvalue weighted by atomic mass is 10.2. The minimum absolute atomic E-state index is 0.424. The molecule has 0 aliphatic heterocycles. The van der Waals surface area contributed by atoms with Crippen molar-refractivity contribution in [1.82, 2.24) is 9.90 Å². The van der Waals surface area contributed by atoms with Gasteiger partial charge < -0.3 is 5.21 Å². The molecule has 0 amide bonds. The van der Waals surface area contributed by atoms with E-state index in [-0.39, 0.29) is 0 Å². The molecule has 72 valence electrons. The third-order valence-corrected chi connectivity index (χ3v) is 2.36. The summed E-state index contributed by atoms with van der Waals surface area (Å²) in [5.41, 5.74) is 1.05. The van der Waals surface area contributed by atoms with Gasteiger partial charge in [0.25, 0.3) is 0 Å². The summed E-state index contributed by atoms with van der Waals surface area (Å²) in [5.74, 6) is 0. The highest BCUT2D eigenvalue weighted by Crippen LogP contribution is 2.02. The van der Waals surface area contributed by atoms with Gasteiger partial charge in [0.15, 0.2) is 0 Å². The molecule has 1 aromatic carbocycles. The number of hydrogen-bond acceptors (Lipinski definition) is 2. The predicted octanol–water partition coefficient (Wildman–Crippen LogP) is 1.33. The van der Waals surface area contributed by atoms with Crippen LogP contribution in [0.5, 0.6) is 0 Å². The molecular formula is C9H8BrN3O. The topological polar surface area (TPSA) is 44.8 Å². The second-order valence-corrected chi connectivity index (χ2v) is 3.67. The third kappa shape index (κ3) is 1.77. The summed E-state index contributed by atoms with van der Waals surface area (Å²) >= 11 is 3.10. The van der Waals surface area contributed by atoms with Crippen LogP contribution < -0.4 is 4.85 Å². The first-order valence-corrected chi connectivity index (χ1v) is 4.92. The van der Waals surface area contributed by atoms with E-state index in [4.69, 9.17) is 0 Å². The summed E-state index contributed by atoms with van der Waals surface area (Å²) in [7, 11) is 0. The van der Waals surface area contributed by atoms with Gasteiger partial charge in [0, 0.05) is 21.0 Å². The molecule has 5 heteroatoms. The lowest BCUT2D eigenvalue weighted by Crippen LogP contribution is -2.39. The first-order chi connectivity index (χ1) is 6.77. The van der Waals surface area contributed by atoms with Crippen molar-refractivity contribution < 1.29 is 4.85 Å². The number of rotatable bonds is 2. The molecule has 0 fully saturated rings. The fourth-order valence-corrected chi connectivity index (χ4v) is 1.45. The van der Waals surface area contributed by atoms with Gasteiger partial charge in [-0.1, -0.05) is 30.3 Å². The minimum atomic E-state index is 0.424. The van der Waals surface area contributed by atoms with E-state index < -0.39 is 0 Å². The van der Waals surface area contributed by atoms with E-state index in [2.05, 4.69) is 21.0 Å². The molecule has 4 nitrogen and oxygen atoms in total. The zero-order valence-corrected chi connectivity index (χ0v) is 8.89. The molecule has 0 bridgehead atoms. The summed E-state index contributed by atoms with van der Waals surface area (Å²) < 4.78 is 0.424. The Hall–Kier alpha value is -1.36. The molecule has 14 heavy (non-hydrogen) atoms. The number of nitrogens with zero attached hydrogens (tertiary/aromatic N) is 3. The highest BCUT2D eigenvalue weighted by atomic mass is 79.9. The van der Waals surface area contributed by atoms with Crippen LogP contribution in [0.15, 0.2) is 41.1 Å². The smallest absolute Gasteiger partial charge is 0.239 e. The van der Waals surface area contributed by atoms with Crippen LogP contribution in [0.3, 0.4) is 0 Å². The molecule has 0 aliphatic rings. The maximum absolute atomic E-state index is 11.3. The molecular weight excluding hydrogens is 246 g/mol. The predicted molar refractivity (Wildman–Crippen MR) is 54.4 cm³/mol. The highest BCUT2D eigenvalue weighted by molar-refractivity contribution is 9.10. The molecule has 0 unspecified atom stereocenters. The molecule has 0 saturated heterocycles. The Labute approximate surface area is 89.5 Å². The Morgan fingerprint density at radius 3 is 2.64 bits per heavy atom. The average Bonchev–Trinajstić information content (AvgIpc) is 2.52. The van der Waals surface area contributed by atoms with E-state index in [1.165, 1.54) is 11.0 Å². The Kier molecular flexibility index (Phi) is 2.49. The summed E-state index contributed by atoms with van der Waals surface area (Å²) in [5, 5.41) is 15.3. The molecule has 0 aliphatic carbocycles. The van der Waals surface area contributed by atoms with Crippen molar-refractivity contribution in [3.8, 4) is 0 Å². The first kappa shape index (κ1) is 9.21. The van der Waals surface area contributed by atoms with Crippen molar-refractivity contribution in [2.24, 2.45) is 0 Å². The monoisotopic (exact) mass is 253 g/mol. The van der Waals surface area contributed by atoms with Gasteiger partial charge >= 0.3 is 0 Å². The molecule has 0 atom stereocenters. The van der Waals surface area contributed by atoms with Crippen molar-refractivity contribution in [3.63, 3.8) is 0 Å². The highest BCUT2D eigenvalue weighted by Gasteiger charge is 2.08. The van der Waals surface area contributed by atoms with E-state index in [0.29, 0.717) is 16.0 Å². The van der Waals surface area contributed by atoms with Gasteiger partial charge in [-0.15, -0.1) is 4.85 Å². The van der Waals surface area contributed by atoms with Crippen LogP contribution in [-0.2, 0) is 6.54 Å². The Morgan fingerprint density at radius 2 is 2.07 bits per heavy atom. The maximum atomic E-state index is 11.3. The van der Waals surface area contributed by atoms with Gasteiger partial charge in [-0.2, -0.15) is 0 Å². The van der Waals surface area contributed by atoms with Gasteiger partial charge in [0.05, 0.1) is 0 Å². The second-order valence-electron chi connectivity index (χ2n) is 2.86. The fraction of sp³-hybridized carbons (Fsp3) is 0.111. The SMILES string of the molecule is [O-][n+]1c(Br)cnn1Cc1ccccc1. The summed E-state index contributed by atoms with van der Waals surface area (Å²) in [6.45, 7) is 0.482. The first-order valence-electron chi connectivity index (χ1n) is 4.12. The number of aromatic nitrogens is 3. The van der Waals surface area contributed by atoms with Crippen LogP contribution in [-0.4, -0.2) is 9.90 Å². The molecule has 2 aromatic rings. The van der Waals surface area contributed by atoms with Crippen LogP contribution >= 0.6 is 15.9 Å². The van der Waals surface area contributed by atoms with Gasteiger partial charge in [-0.25, -0.2) is 0 Å². The molecule has 2 rings (SSSR count). The summed E-state index contributed by atoms with van der Waals surface area (Å²) in [6.07, 6.45) is 1.48. The quantitative estimate of drug-likeness (QED) is 0.599. The largest absolute Gasteiger partial charge is 0.692 e. The minimum Gasteiger partial charge on any atom is -0.692 e. The Morgan fingerprint density at radius 1 is 1.36 bits per heavy atom. The number of benzene rings is 1. The lowest BCUT2D eigenvalue weighted by molar-refractivity contribution is -0.708. The summed E-state index contributed by atoms with van der Waals surface area (Å²) in [6, 6.07) is 9.71. The Bertz CT molecular complexity index is 427. The number of halogens is 1. The lowest BCUT2D eigenvalue weighted by Gasteiger charge is -2.03. The van der Waals surface area contributed by atoms with Crippen molar-refractivity contribution >= 4 is 15.9 Å². The van der Waals surface area contributed by atoms with Crippen LogP contribution in [0.1, 0.15) is 5.56 Å². The molecule has 1 aromatic heterocycles. The molecule has 0 N–H and O–H groups in total. The zero-order chi connectivity index (χ0) is 9.97. The van der Waals surface area contributed by atoms with E-state index >= 15 is 0 Å². The molecule has 0 radical (unpaired) electrons. The zero-order valence-electron chi connectivity index (χ0n) is 7.30. The van der Waals surface area contributed by atoms with Crippen molar-refractivity contribution in [3.05, 3.63) is 51.9 Å². The molecule has 0 saturated carbocycles. The fourth-order valence-electron chi connectivity index (χ4n) is 1.17. The van der Waals surface area contributed by atoms with E-state index in [0.717, 1.165) is 5.56 Å². The molecule has 0 spiro atoms. The van der Waals surface area contributed by atoms with Crippen LogP contribution in [0.25, 0.3) is 0 Å². The average molecular weight is 254 g/mol. The normalized spacial score (nSPS) is 10.4. The summed E-state index contributed by atoms with van der Waals surface area (Å²) in [4.78, 5) is 2.06. The van der Waals surface area contributed by atoms with Gasteiger partial charge in [0.1, 0.15) is 6.54 Å². The van der Waals surface area contributed by atoms with Gasteiger partial charge in [-0.3, -0.25) is 0 Å². The number of hydrogen-bond donors (Lipinski definition) is 0. The third-order valence-electron chi connectivity index (χ3n) is 1.86. The van der Waals surface area contributed by atoms with Crippen molar-refractivity contribution in [2.75, 3.05) is 0 Å². The van der Waals surface area contributed by atoms with Crippen LogP contribution in [0, 0.1) is 5.21 Å². The van der Waals surface area contributed by atoms with Gasteiger partial charge in [0.2, 0.25) is 10.8 Å². The van der Waals surface area contributed by atoms with Crippen molar-refractivity contribution in [1.29, 1.82) is 0 Å². The van der Waals surface area contributed by atoms with Crippen molar-refractivity contribution in [2.45, 2.75) is 6.54 Å². The van der Waals surface area contributed by atoms with E-state index in [1.807, 2.05) is 30.3 Å². The van der Waals surface area contributed by atoms with Crippen LogP contribution in [0.4, 0.5) is 0 Å². The van der Waals surface area contributed by atoms with E-state index in [1.54, 1.807) is 0 Å². The van der Waals surface area contributed by atoms with Crippen LogP contribution in [0.2, 0.25) is 0 Å². The maximum Gasteiger partial charge on any atom is 0.239 e.